The molecule has 0 aliphatic rings. The number of hydrogen-bond donors (Lipinski definition) is 0. The third-order valence-corrected chi connectivity index (χ3v) is 2.61. The molecule has 0 aliphatic heterocycles. The highest BCUT2D eigenvalue weighted by Crippen LogP contribution is 2.25. The fourth-order valence-electron chi connectivity index (χ4n) is 1.83. The number of esters is 1. The van der Waals surface area contributed by atoms with Gasteiger partial charge in [0.2, 0.25) is 0 Å². The van der Waals surface area contributed by atoms with Gasteiger partial charge in [-0.3, -0.25) is 4.79 Å². The lowest BCUT2D eigenvalue weighted by Crippen LogP contribution is -2.17. The van der Waals surface area contributed by atoms with Crippen LogP contribution in [-0.4, -0.2) is 12.6 Å². The lowest BCUT2D eigenvalue weighted by Gasteiger charge is -2.16. The molecule has 3 heteroatoms. The molecule has 1 unspecified atom stereocenters. The maximum Gasteiger partial charge on any atom is 0.313 e. The van der Waals surface area contributed by atoms with E-state index in [2.05, 4.69) is 6.07 Å². The Morgan fingerprint density at radius 3 is 2.71 bits per heavy atom. The van der Waals surface area contributed by atoms with Crippen LogP contribution in [0.15, 0.2) is 24.3 Å². The van der Waals surface area contributed by atoms with E-state index < -0.39 is 0 Å². The van der Waals surface area contributed by atoms with Crippen molar-refractivity contribution in [1.29, 1.82) is 5.26 Å². The van der Waals surface area contributed by atoms with Gasteiger partial charge in [0.1, 0.15) is 0 Å². The minimum atomic E-state index is -0.323. The van der Waals surface area contributed by atoms with Crippen LogP contribution in [0.3, 0.4) is 0 Å². The zero-order valence-corrected chi connectivity index (χ0v) is 10.3. The Morgan fingerprint density at radius 2 is 2.12 bits per heavy atom. The molecule has 17 heavy (non-hydrogen) atoms. The minimum absolute atomic E-state index is 0.239. The van der Waals surface area contributed by atoms with Gasteiger partial charge in [-0.25, -0.2) is 0 Å². The van der Waals surface area contributed by atoms with Gasteiger partial charge in [0.25, 0.3) is 0 Å². The summed E-state index contributed by atoms with van der Waals surface area (Å²) in [7, 11) is 0. The summed E-state index contributed by atoms with van der Waals surface area (Å²) in [5.41, 5.74) is 1.33. The second kappa shape index (κ2) is 6.70. The molecule has 1 aromatic carbocycles. The van der Waals surface area contributed by atoms with E-state index >= 15 is 0 Å². The molecule has 0 aliphatic carbocycles. The van der Waals surface area contributed by atoms with Gasteiger partial charge in [-0.2, -0.15) is 5.26 Å². The Balaban J connectivity index is 3.05. The van der Waals surface area contributed by atoms with Crippen molar-refractivity contribution in [2.24, 2.45) is 0 Å². The topological polar surface area (TPSA) is 50.1 Å². The molecule has 0 spiro atoms. The van der Waals surface area contributed by atoms with Crippen LogP contribution in [0.4, 0.5) is 0 Å². The van der Waals surface area contributed by atoms with E-state index in [-0.39, 0.29) is 11.9 Å². The van der Waals surface area contributed by atoms with Gasteiger partial charge in [-0.1, -0.05) is 31.5 Å². The van der Waals surface area contributed by atoms with E-state index in [1.165, 1.54) is 0 Å². The molecular formula is C14H17NO2. The molecule has 1 rings (SSSR count). The van der Waals surface area contributed by atoms with Crippen LogP contribution in [0.25, 0.3) is 0 Å². The number of benzene rings is 1. The summed E-state index contributed by atoms with van der Waals surface area (Å²) in [6.45, 7) is 4.17. The second-order valence-corrected chi connectivity index (χ2v) is 3.79. The number of carbonyl (C=O) groups excluding carboxylic acids is 1. The summed E-state index contributed by atoms with van der Waals surface area (Å²) in [6, 6.07) is 9.33. The van der Waals surface area contributed by atoms with E-state index in [1.54, 1.807) is 19.1 Å². The molecule has 1 aromatic rings. The van der Waals surface area contributed by atoms with Crippen LogP contribution >= 0.6 is 0 Å². The summed E-state index contributed by atoms with van der Waals surface area (Å²) in [6.07, 6.45) is 1.58. The van der Waals surface area contributed by atoms with Gasteiger partial charge < -0.3 is 4.74 Å². The average molecular weight is 231 g/mol. The van der Waals surface area contributed by atoms with E-state index in [9.17, 15) is 4.79 Å². The molecule has 0 saturated heterocycles. The molecular weight excluding hydrogens is 214 g/mol. The van der Waals surface area contributed by atoms with Crippen molar-refractivity contribution < 1.29 is 9.53 Å². The van der Waals surface area contributed by atoms with Crippen molar-refractivity contribution in [3.05, 3.63) is 35.4 Å². The summed E-state index contributed by atoms with van der Waals surface area (Å²) in [5.74, 6) is -0.562. The predicted octanol–water partition coefficient (Wildman–Crippen LogP) is 3.01. The fourth-order valence-corrected chi connectivity index (χ4v) is 1.83. The van der Waals surface area contributed by atoms with E-state index in [1.807, 2.05) is 19.1 Å². The Labute approximate surface area is 102 Å². The van der Waals surface area contributed by atoms with E-state index in [0.717, 1.165) is 12.0 Å². The molecule has 0 bridgehead atoms. The van der Waals surface area contributed by atoms with Gasteiger partial charge in [-0.05, 0) is 25.0 Å². The molecule has 0 N–H and O–H groups in total. The first-order valence-corrected chi connectivity index (χ1v) is 5.90. The van der Waals surface area contributed by atoms with Crippen molar-refractivity contribution in [3.63, 3.8) is 0 Å². The third kappa shape index (κ3) is 3.32. The third-order valence-electron chi connectivity index (χ3n) is 2.61. The van der Waals surface area contributed by atoms with Crippen molar-refractivity contribution in [3.8, 4) is 6.07 Å². The van der Waals surface area contributed by atoms with Crippen LogP contribution in [0.5, 0.6) is 0 Å². The summed E-state index contributed by atoms with van der Waals surface area (Å²) >= 11 is 0. The number of carbonyl (C=O) groups is 1. The fraction of sp³-hybridized carbons (Fsp3) is 0.429. The quantitative estimate of drug-likeness (QED) is 0.732. The summed E-state index contributed by atoms with van der Waals surface area (Å²) in [4.78, 5) is 11.9. The zero-order valence-electron chi connectivity index (χ0n) is 10.3. The van der Waals surface area contributed by atoms with Crippen molar-refractivity contribution in [2.45, 2.75) is 32.6 Å². The molecule has 0 fully saturated rings. The Morgan fingerprint density at radius 1 is 1.41 bits per heavy atom. The Hall–Kier alpha value is -1.82. The summed E-state index contributed by atoms with van der Waals surface area (Å²) < 4.78 is 5.06. The van der Waals surface area contributed by atoms with Crippen LogP contribution < -0.4 is 0 Å². The van der Waals surface area contributed by atoms with Gasteiger partial charge in [0.05, 0.1) is 24.2 Å². The number of ether oxygens (including phenoxy) is 1. The van der Waals surface area contributed by atoms with Gasteiger partial charge in [-0.15, -0.1) is 0 Å². The second-order valence-electron chi connectivity index (χ2n) is 3.79. The predicted molar refractivity (Wildman–Crippen MR) is 65.4 cm³/mol. The molecule has 1 atom stereocenters. The van der Waals surface area contributed by atoms with Gasteiger partial charge in [0.15, 0.2) is 0 Å². The molecule has 0 saturated carbocycles. The monoisotopic (exact) mass is 231 g/mol. The van der Waals surface area contributed by atoms with Crippen LogP contribution in [-0.2, 0) is 9.53 Å². The molecule has 0 heterocycles. The van der Waals surface area contributed by atoms with Crippen LogP contribution in [0, 0.1) is 11.3 Å². The van der Waals surface area contributed by atoms with Crippen molar-refractivity contribution in [2.75, 3.05) is 6.61 Å². The van der Waals surface area contributed by atoms with Crippen molar-refractivity contribution in [1.82, 2.24) is 0 Å². The molecule has 0 radical (unpaired) electrons. The smallest absolute Gasteiger partial charge is 0.313 e. The van der Waals surface area contributed by atoms with E-state index in [0.29, 0.717) is 18.6 Å². The average Bonchev–Trinajstić information content (AvgIpc) is 2.36. The normalized spacial score (nSPS) is 11.6. The van der Waals surface area contributed by atoms with Gasteiger partial charge in [0, 0.05) is 0 Å². The highest BCUT2D eigenvalue weighted by Gasteiger charge is 2.23. The first-order chi connectivity index (χ1) is 8.24. The highest BCUT2D eigenvalue weighted by atomic mass is 16.5. The SMILES string of the molecule is CCCC(C(=O)OCC)c1ccccc1C#N. The number of rotatable bonds is 5. The van der Waals surface area contributed by atoms with Gasteiger partial charge >= 0.3 is 5.97 Å². The largest absolute Gasteiger partial charge is 0.466 e. The number of nitrogens with zero attached hydrogens (tertiary/aromatic N) is 1. The standard InChI is InChI=1S/C14H17NO2/c1-3-7-13(14(16)17-4-2)12-9-6-5-8-11(12)10-15/h5-6,8-9,13H,3-4,7H2,1-2H3. The summed E-state index contributed by atoms with van der Waals surface area (Å²) in [5, 5.41) is 9.05. The lowest BCUT2D eigenvalue weighted by atomic mass is 9.91. The van der Waals surface area contributed by atoms with Crippen molar-refractivity contribution >= 4 is 5.97 Å². The van der Waals surface area contributed by atoms with Crippen LogP contribution in [0.1, 0.15) is 43.7 Å². The Bertz CT molecular complexity index is 420. The molecule has 3 nitrogen and oxygen atoms in total. The maximum absolute atomic E-state index is 11.9. The first-order valence-electron chi connectivity index (χ1n) is 5.90. The molecule has 0 amide bonds. The number of nitriles is 1. The zero-order chi connectivity index (χ0) is 12.7. The van der Waals surface area contributed by atoms with Crippen LogP contribution in [0.2, 0.25) is 0 Å². The lowest BCUT2D eigenvalue weighted by molar-refractivity contribution is -0.145. The van der Waals surface area contributed by atoms with E-state index in [4.69, 9.17) is 10.00 Å². The molecule has 0 aromatic heterocycles. The number of hydrogen-bond acceptors (Lipinski definition) is 3. The minimum Gasteiger partial charge on any atom is -0.466 e. The Kier molecular flexibility index (Phi) is 5.22. The first kappa shape index (κ1) is 13.2. The maximum atomic E-state index is 11.9. The molecule has 90 valence electrons. The highest BCUT2D eigenvalue weighted by molar-refractivity contribution is 5.79.